The third-order valence-electron chi connectivity index (χ3n) is 3.20. The maximum Gasteiger partial charge on any atom is 0.334 e. The summed E-state index contributed by atoms with van der Waals surface area (Å²) in [7, 11) is 0. The summed E-state index contributed by atoms with van der Waals surface area (Å²) in [6.45, 7) is 4.76. The summed E-state index contributed by atoms with van der Waals surface area (Å²) in [5, 5.41) is 2.33. The average Bonchev–Trinajstić information content (AvgIpc) is 2.49. The van der Waals surface area contributed by atoms with Gasteiger partial charge in [0.05, 0.1) is 19.6 Å². The first-order valence-corrected chi connectivity index (χ1v) is 7.34. The molecule has 1 aliphatic rings. The molecule has 1 heterocycles. The molecule has 8 heteroatoms. The minimum Gasteiger partial charge on any atom is -0.466 e. The van der Waals surface area contributed by atoms with Crippen molar-refractivity contribution in [3.8, 4) is 0 Å². The molecule has 1 rings (SSSR count). The summed E-state index contributed by atoms with van der Waals surface area (Å²) in [6, 6.07) is 0. The number of amides is 1. The van der Waals surface area contributed by atoms with Crippen LogP contribution in [0.1, 0.15) is 33.6 Å². The number of hydrogen-bond acceptors (Lipinski definition) is 7. The quantitative estimate of drug-likeness (QED) is 0.527. The summed E-state index contributed by atoms with van der Waals surface area (Å²) in [6.07, 6.45) is 1.12. The van der Waals surface area contributed by atoms with E-state index in [1.165, 1.54) is 6.08 Å². The predicted molar refractivity (Wildman–Crippen MR) is 78.1 cm³/mol. The summed E-state index contributed by atoms with van der Waals surface area (Å²) in [5.74, 6) is -2.72. The number of rotatable bonds is 7. The van der Waals surface area contributed by atoms with Gasteiger partial charge in [-0.2, -0.15) is 0 Å². The van der Waals surface area contributed by atoms with Gasteiger partial charge in [-0.15, -0.1) is 0 Å². The first-order chi connectivity index (χ1) is 10.8. The number of nitrogens with one attached hydrogen (secondary N) is 1. The topological polar surface area (TPSA) is 108 Å². The second kappa shape index (κ2) is 8.30. The van der Waals surface area contributed by atoms with Crippen LogP contribution >= 0.6 is 0 Å². The highest BCUT2D eigenvalue weighted by molar-refractivity contribution is 5.98. The van der Waals surface area contributed by atoms with E-state index in [-0.39, 0.29) is 26.2 Å². The van der Waals surface area contributed by atoms with Gasteiger partial charge in [-0.1, -0.05) is 6.08 Å². The maximum absolute atomic E-state index is 12.4. The van der Waals surface area contributed by atoms with Crippen molar-refractivity contribution in [1.29, 1.82) is 0 Å². The Morgan fingerprint density at radius 1 is 1.22 bits per heavy atom. The van der Waals surface area contributed by atoms with E-state index in [2.05, 4.69) is 5.32 Å². The molecule has 0 spiro atoms. The van der Waals surface area contributed by atoms with Crippen LogP contribution in [0, 0.1) is 0 Å². The zero-order valence-corrected chi connectivity index (χ0v) is 13.5. The summed E-state index contributed by atoms with van der Waals surface area (Å²) in [5.41, 5.74) is -1.36. The molecule has 0 fully saturated rings. The Balaban J connectivity index is 2.87. The lowest BCUT2D eigenvalue weighted by Crippen LogP contribution is -2.53. The highest BCUT2D eigenvalue weighted by atomic mass is 16.6. The van der Waals surface area contributed by atoms with E-state index < -0.39 is 35.8 Å². The van der Waals surface area contributed by atoms with Gasteiger partial charge in [-0.25, -0.2) is 4.79 Å². The molecular formula is C15H21NO7. The first-order valence-electron chi connectivity index (χ1n) is 7.34. The van der Waals surface area contributed by atoms with Crippen molar-refractivity contribution >= 4 is 23.8 Å². The molecule has 0 aromatic rings. The van der Waals surface area contributed by atoms with Crippen LogP contribution in [0.25, 0.3) is 0 Å². The second-order valence-corrected chi connectivity index (χ2v) is 4.94. The molecular weight excluding hydrogens is 306 g/mol. The van der Waals surface area contributed by atoms with Crippen LogP contribution in [-0.4, -0.2) is 49.2 Å². The van der Waals surface area contributed by atoms with E-state index in [1.54, 1.807) is 20.8 Å². The van der Waals surface area contributed by atoms with Crippen LogP contribution < -0.4 is 5.32 Å². The Hall–Kier alpha value is -2.38. The van der Waals surface area contributed by atoms with E-state index in [0.29, 0.717) is 5.57 Å². The molecule has 0 aromatic carbocycles. The molecule has 0 aromatic heterocycles. The molecule has 1 unspecified atom stereocenters. The largest absolute Gasteiger partial charge is 0.466 e. The minimum atomic E-state index is -1.71. The Kier molecular flexibility index (Phi) is 6.74. The van der Waals surface area contributed by atoms with Crippen molar-refractivity contribution in [3.63, 3.8) is 0 Å². The zero-order valence-electron chi connectivity index (χ0n) is 13.5. The normalized spacial score (nSPS) is 20.1. The van der Waals surface area contributed by atoms with Crippen molar-refractivity contribution in [2.24, 2.45) is 0 Å². The smallest absolute Gasteiger partial charge is 0.334 e. The number of hydrogen-bond donors (Lipinski definition) is 1. The van der Waals surface area contributed by atoms with Crippen molar-refractivity contribution in [3.05, 3.63) is 11.6 Å². The van der Waals surface area contributed by atoms with Gasteiger partial charge in [0.2, 0.25) is 5.60 Å². The van der Waals surface area contributed by atoms with Crippen LogP contribution in [0.5, 0.6) is 0 Å². The molecule has 8 nitrogen and oxygen atoms in total. The molecule has 0 saturated heterocycles. The summed E-state index contributed by atoms with van der Waals surface area (Å²) < 4.78 is 14.7. The van der Waals surface area contributed by atoms with Crippen LogP contribution in [-0.2, 0) is 33.4 Å². The van der Waals surface area contributed by atoms with Crippen molar-refractivity contribution in [2.45, 2.75) is 39.2 Å². The fourth-order valence-corrected chi connectivity index (χ4v) is 2.00. The highest BCUT2D eigenvalue weighted by Gasteiger charge is 2.46. The molecule has 0 bridgehead atoms. The SMILES string of the molecule is CCOC(=O)CNC(=O)C1(CC(=O)OCC)CC=C(C)C(=O)O1. The third kappa shape index (κ3) is 5.08. The molecule has 0 radical (unpaired) electrons. The number of ether oxygens (including phenoxy) is 3. The van der Waals surface area contributed by atoms with Gasteiger partial charge in [0.1, 0.15) is 6.54 Å². The molecule has 1 amide bonds. The maximum atomic E-state index is 12.4. The number of carbonyl (C=O) groups excluding carboxylic acids is 4. The van der Waals surface area contributed by atoms with Crippen LogP contribution in [0.15, 0.2) is 11.6 Å². The van der Waals surface area contributed by atoms with Gasteiger partial charge in [-0.05, 0) is 20.8 Å². The van der Waals surface area contributed by atoms with Crippen molar-refractivity contribution < 1.29 is 33.4 Å². The summed E-state index contributed by atoms with van der Waals surface area (Å²) >= 11 is 0. The van der Waals surface area contributed by atoms with Crippen LogP contribution in [0.2, 0.25) is 0 Å². The Morgan fingerprint density at radius 3 is 2.39 bits per heavy atom. The third-order valence-corrected chi connectivity index (χ3v) is 3.20. The Bertz CT molecular complexity index is 526. The minimum absolute atomic E-state index is 0.0258. The molecule has 0 saturated carbocycles. The lowest BCUT2D eigenvalue weighted by atomic mass is 9.90. The van der Waals surface area contributed by atoms with E-state index in [4.69, 9.17) is 14.2 Å². The van der Waals surface area contributed by atoms with Crippen molar-refractivity contribution in [1.82, 2.24) is 5.32 Å². The van der Waals surface area contributed by atoms with E-state index in [9.17, 15) is 19.2 Å². The van der Waals surface area contributed by atoms with Crippen LogP contribution in [0.4, 0.5) is 0 Å². The molecule has 1 atom stereocenters. The molecule has 128 valence electrons. The zero-order chi connectivity index (χ0) is 17.5. The molecule has 1 aliphatic heterocycles. The fourth-order valence-electron chi connectivity index (χ4n) is 2.00. The fraction of sp³-hybridized carbons (Fsp3) is 0.600. The highest BCUT2D eigenvalue weighted by Crippen LogP contribution is 2.29. The monoisotopic (exact) mass is 327 g/mol. The number of carbonyl (C=O) groups is 4. The van der Waals surface area contributed by atoms with E-state index in [0.717, 1.165) is 0 Å². The average molecular weight is 327 g/mol. The van der Waals surface area contributed by atoms with Gasteiger partial charge >= 0.3 is 17.9 Å². The van der Waals surface area contributed by atoms with Gasteiger partial charge in [0.25, 0.3) is 5.91 Å². The molecule has 0 aliphatic carbocycles. The van der Waals surface area contributed by atoms with Gasteiger partial charge in [-0.3, -0.25) is 14.4 Å². The lowest BCUT2D eigenvalue weighted by molar-refractivity contribution is -0.173. The van der Waals surface area contributed by atoms with Crippen LogP contribution in [0.3, 0.4) is 0 Å². The lowest BCUT2D eigenvalue weighted by Gasteiger charge is -2.33. The van der Waals surface area contributed by atoms with E-state index >= 15 is 0 Å². The summed E-state index contributed by atoms with van der Waals surface area (Å²) in [4.78, 5) is 47.2. The predicted octanol–water partition coefficient (Wildman–Crippen LogP) is 0.251. The van der Waals surface area contributed by atoms with Gasteiger partial charge < -0.3 is 19.5 Å². The molecule has 23 heavy (non-hydrogen) atoms. The van der Waals surface area contributed by atoms with Gasteiger partial charge in [0, 0.05) is 12.0 Å². The first kappa shape index (κ1) is 18.7. The number of esters is 3. The van der Waals surface area contributed by atoms with Gasteiger partial charge in [0.15, 0.2) is 0 Å². The molecule has 1 N–H and O–H groups in total. The van der Waals surface area contributed by atoms with E-state index in [1.807, 2.05) is 0 Å². The second-order valence-electron chi connectivity index (χ2n) is 4.94. The Labute approximate surface area is 134 Å². The Morgan fingerprint density at radius 2 is 1.83 bits per heavy atom. The van der Waals surface area contributed by atoms with Crippen molar-refractivity contribution in [2.75, 3.05) is 19.8 Å². The number of cyclic esters (lactones) is 1. The standard InChI is InChI=1S/C15H21NO7/c1-4-21-11(17)8-15(7-6-10(3)13(19)23-15)14(20)16-9-12(18)22-5-2/h6H,4-5,7-9H2,1-3H3,(H,16,20).